The maximum absolute atomic E-state index is 9.69. The van der Waals surface area contributed by atoms with Gasteiger partial charge in [-0.25, -0.2) is 0 Å². The number of likely N-dealkylation sites (tertiary alicyclic amines) is 1. The van der Waals surface area contributed by atoms with E-state index in [9.17, 15) is 5.11 Å². The Morgan fingerprint density at radius 2 is 2.12 bits per heavy atom. The molecule has 3 nitrogen and oxygen atoms in total. The molecule has 16 heavy (non-hydrogen) atoms. The average Bonchev–Trinajstić information content (AvgIpc) is 2.14. The summed E-state index contributed by atoms with van der Waals surface area (Å²) in [7, 11) is 2.16. The highest BCUT2D eigenvalue weighted by molar-refractivity contribution is 4.85. The van der Waals surface area contributed by atoms with Crippen molar-refractivity contribution in [2.45, 2.75) is 44.8 Å². The van der Waals surface area contributed by atoms with Crippen LogP contribution in [0.3, 0.4) is 0 Å². The standard InChI is InChI=1S/C13H26N2O/c1-10(16)12-6-13(9-15(2)8-12)14-7-11-4-3-5-11/h10-14,16H,3-9H2,1-2H3. The zero-order chi connectivity index (χ0) is 11.5. The van der Waals surface area contributed by atoms with Gasteiger partial charge in [-0.05, 0) is 51.6 Å². The van der Waals surface area contributed by atoms with Crippen LogP contribution in [0.2, 0.25) is 0 Å². The van der Waals surface area contributed by atoms with Crippen molar-refractivity contribution in [1.29, 1.82) is 0 Å². The van der Waals surface area contributed by atoms with Crippen molar-refractivity contribution in [2.24, 2.45) is 11.8 Å². The van der Waals surface area contributed by atoms with E-state index in [2.05, 4.69) is 17.3 Å². The lowest BCUT2D eigenvalue weighted by Gasteiger charge is -2.38. The van der Waals surface area contributed by atoms with Crippen LogP contribution in [0.4, 0.5) is 0 Å². The van der Waals surface area contributed by atoms with E-state index in [1.54, 1.807) is 0 Å². The number of piperidine rings is 1. The second-order valence-corrected chi connectivity index (χ2v) is 5.86. The first kappa shape index (κ1) is 12.3. The molecule has 2 fully saturated rings. The maximum atomic E-state index is 9.69. The summed E-state index contributed by atoms with van der Waals surface area (Å²) >= 11 is 0. The fourth-order valence-electron chi connectivity index (χ4n) is 2.89. The average molecular weight is 226 g/mol. The first-order valence-electron chi connectivity index (χ1n) is 6.75. The topological polar surface area (TPSA) is 35.5 Å². The minimum Gasteiger partial charge on any atom is -0.393 e. The van der Waals surface area contributed by atoms with Crippen molar-refractivity contribution in [3.8, 4) is 0 Å². The van der Waals surface area contributed by atoms with Crippen LogP contribution in [0.15, 0.2) is 0 Å². The Labute approximate surface area is 99.2 Å². The molecular formula is C13H26N2O. The van der Waals surface area contributed by atoms with Gasteiger partial charge in [-0.2, -0.15) is 0 Å². The smallest absolute Gasteiger partial charge is 0.0553 e. The van der Waals surface area contributed by atoms with E-state index in [-0.39, 0.29) is 6.10 Å². The molecule has 94 valence electrons. The van der Waals surface area contributed by atoms with Gasteiger partial charge < -0.3 is 15.3 Å². The van der Waals surface area contributed by atoms with Crippen LogP contribution < -0.4 is 5.32 Å². The normalized spacial score (nSPS) is 34.7. The lowest BCUT2D eigenvalue weighted by molar-refractivity contribution is 0.0567. The molecule has 1 saturated carbocycles. The summed E-state index contributed by atoms with van der Waals surface area (Å²) in [5.41, 5.74) is 0. The predicted octanol–water partition coefficient (Wildman–Crippen LogP) is 1.08. The van der Waals surface area contributed by atoms with Gasteiger partial charge in [0.05, 0.1) is 6.10 Å². The number of nitrogens with zero attached hydrogens (tertiary/aromatic N) is 1. The van der Waals surface area contributed by atoms with Crippen molar-refractivity contribution in [1.82, 2.24) is 10.2 Å². The Kier molecular flexibility index (Phi) is 4.22. The van der Waals surface area contributed by atoms with E-state index in [4.69, 9.17) is 0 Å². The van der Waals surface area contributed by atoms with Crippen LogP contribution in [0.25, 0.3) is 0 Å². The van der Waals surface area contributed by atoms with E-state index in [0.29, 0.717) is 12.0 Å². The SMILES string of the molecule is CC(O)C1CC(NCC2CCC2)CN(C)C1. The summed E-state index contributed by atoms with van der Waals surface area (Å²) in [6.45, 7) is 5.28. The molecule has 1 saturated heterocycles. The first-order chi connectivity index (χ1) is 7.65. The molecule has 1 aliphatic carbocycles. The van der Waals surface area contributed by atoms with Gasteiger partial charge in [0, 0.05) is 19.1 Å². The highest BCUT2D eigenvalue weighted by Crippen LogP contribution is 2.26. The van der Waals surface area contributed by atoms with Gasteiger partial charge in [-0.15, -0.1) is 0 Å². The molecular weight excluding hydrogens is 200 g/mol. The second kappa shape index (κ2) is 5.48. The molecule has 1 aliphatic heterocycles. The fraction of sp³-hybridized carbons (Fsp3) is 1.00. The van der Waals surface area contributed by atoms with Crippen LogP contribution in [-0.4, -0.2) is 48.8 Å². The van der Waals surface area contributed by atoms with Crippen molar-refractivity contribution in [3.05, 3.63) is 0 Å². The van der Waals surface area contributed by atoms with Gasteiger partial charge in [0.15, 0.2) is 0 Å². The van der Waals surface area contributed by atoms with Crippen molar-refractivity contribution < 1.29 is 5.11 Å². The van der Waals surface area contributed by atoms with E-state index in [0.717, 1.165) is 25.4 Å². The first-order valence-corrected chi connectivity index (χ1v) is 6.75. The molecule has 0 bridgehead atoms. The molecule has 3 heteroatoms. The number of aliphatic hydroxyl groups is 1. The Bertz CT molecular complexity index is 216. The maximum Gasteiger partial charge on any atom is 0.0553 e. The molecule has 0 aromatic heterocycles. The zero-order valence-electron chi connectivity index (χ0n) is 10.7. The van der Waals surface area contributed by atoms with E-state index in [1.165, 1.54) is 25.8 Å². The molecule has 1 heterocycles. The molecule has 2 N–H and O–H groups in total. The Balaban J connectivity index is 1.74. The van der Waals surface area contributed by atoms with Crippen LogP contribution >= 0.6 is 0 Å². The minimum absolute atomic E-state index is 0.171. The molecule has 0 spiro atoms. The summed E-state index contributed by atoms with van der Waals surface area (Å²) in [6.07, 6.45) is 5.21. The van der Waals surface area contributed by atoms with Crippen molar-refractivity contribution in [2.75, 3.05) is 26.7 Å². The minimum atomic E-state index is -0.171. The fourth-order valence-corrected chi connectivity index (χ4v) is 2.89. The molecule has 0 aromatic carbocycles. The summed E-state index contributed by atoms with van der Waals surface area (Å²) in [5, 5.41) is 13.4. The number of nitrogens with one attached hydrogen (secondary N) is 1. The third kappa shape index (κ3) is 3.19. The van der Waals surface area contributed by atoms with Gasteiger partial charge in [-0.3, -0.25) is 0 Å². The number of likely N-dealkylation sites (N-methyl/N-ethyl adjacent to an activating group) is 1. The van der Waals surface area contributed by atoms with Crippen LogP contribution in [0.1, 0.15) is 32.6 Å². The van der Waals surface area contributed by atoms with Crippen molar-refractivity contribution in [3.63, 3.8) is 0 Å². The lowest BCUT2D eigenvalue weighted by Crippen LogP contribution is -2.51. The highest BCUT2D eigenvalue weighted by atomic mass is 16.3. The molecule has 0 aromatic rings. The molecule has 0 amide bonds. The number of hydrogen-bond acceptors (Lipinski definition) is 3. The highest BCUT2D eigenvalue weighted by Gasteiger charge is 2.28. The summed E-state index contributed by atoms with van der Waals surface area (Å²) in [6, 6.07) is 0.582. The number of aliphatic hydroxyl groups excluding tert-OH is 1. The van der Waals surface area contributed by atoms with Gasteiger partial charge in [0.1, 0.15) is 0 Å². The van der Waals surface area contributed by atoms with Crippen LogP contribution in [0, 0.1) is 11.8 Å². The predicted molar refractivity (Wildman–Crippen MR) is 66.4 cm³/mol. The molecule has 2 aliphatic rings. The molecule has 3 atom stereocenters. The summed E-state index contributed by atoms with van der Waals surface area (Å²) in [4.78, 5) is 2.35. The Morgan fingerprint density at radius 1 is 1.38 bits per heavy atom. The quantitative estimate of drug-likeness (QED) is 0.753. The molecule has 0 radical (unpaired) electrons. The van der Waals surface area contributed by atoms with Gasteiger partial charge in [0.25, 0.3) is 0 Å². The number of rotatable bonds is 4. The van der Waals surface area contributed by atoms with E-state index < -0.39 is 0 Å². The lowest BCUT2D eigenvalue weighted by atomic mass is 9.84. The zero-order valence-corrected chi connectivity index (χ0v) is 10.7. The second-order valence-electron chi connectivity index (χ2n) is 5.86. The Hall–Kier alpha value is -0.120. The van der Waals surface area contributed by atoms with E-state index >= 15 is 0 Å². The largest absolute Gasteiger partial charge is 0.393 e. The van der Waals surface area contributed by atoms with Crippen LogP contribution in [0.5, 0.6) is 0 Å². The third-order valence-corrected chi connectivity index (χ3v) is 4.27. The van der Waals surface area contributed by atoms with Gasteiger partial charge in [0.2, 0.25) is 0 Å². The summed E-state index contributed by atoms with van der Waals surface area (Å²) in [5.74, 6) is 1.37. The molecule has 2 rings (SSSR count). The Morgan fingerprint density at radius 3 is 2.69 bits per heavy atom. The van der Waals surface area contributed by atoms with Crippen LogP contribution in [-0.2, 0) is 0 Å². The van der Waals surface area contributed by atoms with Crippen molar-refractivity contribution >= 4 is 0 Å². The molecule has 3 unspecified atom stereocenters. The monoisotopic (exact) mass is 226 g/mol. The van der Waals surface area contributed by atoms with Gasteiger partial charge in [-0.1, -0.05) is 6.42 Å². The number of hydrogen-bond donors (Lipinski definition) is 2. The van der Waals surface area contributed by atoms with E-state index in [1.807, 2.05) is 6.92 Å². The summed E-state index contributed by atoms with van der Waals surface area (Å²) < 4.78 is 0. The van der Waals surface area contributed by atoms with Gasteiger partial charge >= 0.3 is 0 Å². The third-order valence-electron chi connectivity index (χ3n) is 4.27.